The summed E-state index contributed by atoms with van der Waals surface area (Å²) in [6.07, 6.45) is -1.61. The highest BCUT2D eigenvalue weighted by molar-refractivity contribution is 5.79. The van der Waals surface area contributed by atoms with E-state index < -0.39 is 43.7 Å². The lowest BCUT2D eigenvalue weighted by molar-refractivity contribution is -0.127. The molecule has 6 nitrogen and oxygen atoms in total. The van der Waals surface area contributed by atoms with Crippen molar-refractivity contribution in [1.29, 1.82) is 0 Å². The van der Waals surface area contributed by atoms with E-state index in [2.05, 4.69) is 0 Å². The van der Waals surface area contributed by atoms with Crippen molar-refractivity contribution in [3.63, 3.8) is 0 Å². The van der Waals surface area contributed by atoms with Crippen LogP contribution >= 0.6 is 0 Å². The fourth-order valence-electron chi connectivity index (χ4n) is 1.14. The van der Waals surface area contributed by atoms with Gasteiger partial charge in [-0.3, -0.25) is 4.79 Å². The van der Waals surface area contributed by atoms with Gasteiger partial charge in [-0.1, -0.05) is 0 Å². The van der Waals surface area contributed by atoms with Gasteiger partial charge in [0.1, 0.15) is 5.78 Å². The standard InChI is InChI=1S/C9H18O6/c10-3-8(15)1-7(14)2-9(4-11,5-12)6-13/h8,10-13,15H,1-6H2. The summed E-state index contributed by atoms with van der Waals surface area (Å²) in [5.41, 5.74) is -1.24. The zero-order chi connectivity index (χ0) is 11.9. The van der Waals surface area contributed by atoms with Gasteiger partial charge in [-0.15, -0.1) is 0 Å². The van der Waals surface area contributed by atoms with Gasteiger partial charge < -0.3 is 25.5 Å². The first kappa shape index (κ1) is 14.5. The van der Waals surface area contributed by atoms with Crippen molar-refractivity contribution in [2.45, 2.75) is 18.9 Å². The number of aliphatic hydroxyl groups is 5. The van der Waals surface area contributed by atoms with E-state index in [0.29, 0.717) is 0 Å². The van der Waals surface area contributed by atoms with Crippen LogP contribution in [0, 0.1) is 5.41 Å². The van der Waals surface area contributed by atoms with Gasteiger partial charge in [-0.25, -0.2) is 0 Å². The minimum Gasteiger partial charge on any atom is -0.396 e. The van der Waals surface area contributed by atoms with Gasteiger partial charge in [0.25, 0.3) is 0 Å². The number of Topliss-reactive ketones (excluding diaryl/α,β-unsaturated/α-hetero) is 1. The molecule has 5 N–H and O–H groups in total. The first-order valence-corrected chi connectivity index (χ1v) is 4.67. The molecule has 0 aliphatic carbocycles. The average molecular weight is 222 g/mol. The van der Waals surface area contributed by atoms with Crippen LogP contribution in [0.5, 0.6) is 0 Å². The Kier molecular flexibility index (Phi) is 6.62. The number of hydrogen-bond acceptors (Lipinski definition) is 6. The van der Waals surface area contributed by atoms with E-state index in [4.69, 9.17) is 25.5 Å². The monoisotopic (exact) mass is 222 g/mol. The third kappa shape index (κ3) is 4.67. The quantitative estimate of drug-likeness (QED) is 0.314. The second-order valence-electron chi connectivity index (χ2n) is 3.73. The topological polar surface area (TPSA) is 118 Å². The van der Waals surface area contributed by atoms with Gasteiger partial charge in [-0.05, 0) is 0 Å². The van der Waals surface area contributed by atoms with Crippen LogP contribution in [0.25, 0.3) is 0 Å². The number of carbonyl (C=O) groups is 1. The number of ketones is 1. The van der Waals surface area contributed by atoms with Crippen molar-refractivity contribution in [1.82, 2.24) is 0 Å². The molecule has 1 atom stereocenters. The highest BCUT2D eigenvalue weighted by Crippen LogP contribution is 2.21. The molecule has 0 aromatic heterocycles. The summed E-state index contributed by atoms with van der Waals surface area (Å²) in [5, 5.41) is 44.3. The summed E-state index contributed by atoms with van der Waals surface area (Å²) >= 11 is 0. The zero-order valence-electron chi connectivity index (χ0n) is 8.46. The highest BCUT2D eigenvalue weighted by atomic mass is 16.3. The first-order chi connectivity index (χ1) is 7.03. The predicted molar refractivity (Wildman–Crippen MR) is 51.0 cm³/mol. The highest BCUT2D eigenvalue weighted by Gasteiger charge is 2.31. The number of aliphatic hydroxyl groups excluding tert-OH is 5. The van der Waals surface area contributed by atoms with Gasteiger partial charge in [0, 0.05) is 18.3 Å². The van der Waals surface area contributed by atoms with Crippen molar-refractivity contribution in [3.05, 3.63) is 0 Å². The van der Waals surface area contributed by atoms with E-state index in [1.54, 1.807) is 0 Å². The third-order valence-electron chi connectivity index (χ3n) is 2.25. The lowest BCUT2D eigenvalue weighted by Crippen LogP contribution is -2.37. The summed E-state index contributed by atoms with van der Waals surface area (Å²) in [6, 6.07) is 0. The molecule has 0 aliphatic rings. The molecule has 0 fully saturated rings. The van der Waals surface area contributed by atoms with E-state index in [1.165, 1.54) is 0 Å². The summed E-state index contributed by atoms with van der Waals surface area (Å²) in [6.45, 7) is -2.06. The van der Waals surface area contributed by atoms with Crippen molar-refractivity contribution < 1.29 is 30.3 Å². The smallest absolute Gasteiger partial charge is 0.136 e. The Morgan fingerprint density at radius 2 is 1.53 bits per heavy atom. The first-order valence-electron chi connectivity index (χ1n) is 4.67. The second-order valence-corrected chi connectivity index (χ2v) is 3.73. The van der Waals surface area contributed by atoms with Crippen LogP contribution in [0.15, 0.2) is 0 Å². The lowest BCUT2D eigenvalue weighted by atomic mass is 9.84. The minimum absolute atomic E-state index is 0.229. The summed E-state index contributed by atoms with van der Waals surface area (Å²) < 4.78 is 0. The molecule has 0 saturated heterocycles. The molecular formula is C9H18O6. The predicted octanol–water partition coefficient (Wildman–Crippen LogP) is -2.35. The Hall–Kier alpha value is -0.530. The molecule has 0 radical (unpaired) electrons. The van der Waals surface area contributed by atoms with Crippen molar-refractivity contribution >= 4 is 5.78 Å². The van der Waals surface area contributed by atoms with Gasteiger partial charge >= 0.3 is 0 Å². The van der Waals surface area contributed by atoms with Crippen molar-refractivity contribution in [2.24, 2.45) is 5.41 Å². The molecule has 15 heavy (non-hydrogen) atoms. The van der Waals surface area contributed by atoms with E-state index in [-0.39, 0.29) is 12.8 Å². The molecule has 0 spiro atoms. The van der Waals surface area contributed by atoms with Crippen LogP contribution in [0.4, 0.5) is 0 Å². The molecule has 1 unspecified atom stereocenters. The molecule has 0 amide bonds. The van der Waals surface area contributed by atoms with Gasteiger partial charge in [0.05, 0.1) is 32.5 Å². The van der Waals surface area contributed by atoms with Crippen LogP contribution in [-0.2, 0) is 4.79 Å². The maximum absolute atomic E-state index is 11.3. The zero-order valence-corrected chi connectivity index (χ0v) is 8.46. The Morgan fingerprint density at radius 1 is 1.07 bits per heavy atom. The summed E-state index contributed by atoms with van der Waals surface area (Å²) in [5.74, 6) is -0.422. The normalized spacial score (nSPS) is 13.9. The fraction of sp³-hybridized carbons (Fsp3) is 0.889. The van der Waals surface area contributed by atoms with Crippen LogP contribution in [0.2, 0.25) is 0 Å². The summed E-state index contributed by atoms with van der Waals surface area (Å²) in [4.78, 5) is 11.3. The fourth-order valence-corrected chi connectivity index (χ4v) is 1.14. The van der Waals surface area contributed by atoms with Crippen LogP contribution in [-0.4, -0.2) is 63.8 Å². The van der Waals surface area contributed by atoms with Crippen LogP contribution in [0.3, 0.4) is 0 Å². The average Bonchev–Trinajstić information content (AvgIpc) is 2.26. The summed E-state index contributed by atoms with van der Waals surface area (Å²) in [7, 11) is 0. The third-order valence-corrected chi connectivity index (χ3v) is 2.25. The van der Waals surface area contributed by atoms with Gasteiger partial charge in [0.15, 0.2) is 0 Å². The maximum atomic E-state index is 11.3. The Labute approximate surface area is 87.8 Å². The molecule has 90 valence electrons. The SMILES string of the molecule is O=C(CC(O)CO)CC(CO)(CO)CO. The molecule has 0 aliphatic heterocycles. The molecule has 0 bridgehead atoms. The van der Waals surface area contributed by atoms with E-state index in [1.807, 2.05) is 0 Å². The molecule has 6 heteroatoms. The number of rotatable bonds is 8. The number of carbonyl (C=O) groups excluding carboxylic acids is 1. The lowest BCUT2D eigenvalue weighted by Gasteiger charge is -2.26. The maximum Gasteiger partial charge on any atom is 0.136 e. The minimum atomic E-state index is -1.24. The Morgan fingerprint density at radius 3 is 1.87 bits per heavy atom. The largest absolute Gasteiger partial charge is 0.396 e. The van der Waals surface area contributed by atoms with Crippen molar-refractivity contribution in [2.75, 3.05) is 26.4 Å². The van der Waals surface area contributed by atoms with Gasteiger partial charge in [0.2, 0.25) is 0 Å². The molecule has 0 aromatic carbocycles. The molecule has 0 aromatic rings. The van der Waals surface area contributed by atoms with Crippen molar-refractivity contribution in [3.8, 4) is 0 Å². The Balaban J connectivity index is 4.23. The van der Waals surface area contributed by atoms with E-state index in [0.717, 1.165) is 0 Å². The molecular weight excluding hydrogens is 204 g/mol. The van der Waals surface area contributed by atoms with Crippen LogP contribution in [0.1, 0.15) is 12.8 Å². The van der Waals surface area contributed by atoms with E-state index >= 15 is 0 Å². The number of hydrogen-bond donors (Lipinski definition) is 5. The molecule has 0 heterocycles. The Bertz CT molecular complexity index is 181. The molecule has 0 saturated carbocycles. The second kappa shape index (κ2) is 6.86. The van der Waals surface area contributed by atoms with Gasteiger partial charge in [-0.2, -0.15) is 0 Å². The van der Waals surface area contributed by atoms with E-state index in [9.17, 15) is 4.79 Å². The molecule has 0 rings (SSSR count). The van der Waals surface area contributed by atoms with Crippen LogP contribution < -0.4 is 0 Å².